The minimum absolute atomic E-state index is 0.0933. The van der Waals surface area contributed by atoms with Gasteiger partial charge in [-0.3, -0.25) is 9.59 Å². The van der Waals surface area contributed by atoms with Crippen molar-refractivity contribution in [1.29, 1.82) is 5.26 Å². The Labute approximate surface area is 201 Å². The minimum atomic E-state index is -0.983. The molecule has 1 aromatic heterocycles. The highest BCUT2D eigenvalue weighted by molar-refractivity contribution is 6.20. The summed E-state index contributed by atoms with van der Waals surface area (Å²) in [5.41, 5.74) is 3.49. The predicted molar refractivity (Wildman–Crippen MR) is 127 cm³/mol. The molecular weight excluding hydrogens is 448 g/mol. The van der Waals surface area contributed by atoms with Crippen LogP contribution in [0.3, 0.4) is 0 Å². The summed E-state index contributed by atoms with van der Waals surface area (Å²) in [5, 5.41) is 19.1. The lowest BCUT2D eigenvalue weighted by Crippen LogP contribution is -2.51. The van der Waals surface area contributed by atoms with Crippen molar-refractivity contribution in [1.82, 2.24) is 14.8 Å². The predicted octanol–water partition coefficient (Wildman–Crippen LogP) is 3.11. The Bertz CT molecular complexity index is 1420. The van der Waals surface area contributed by atoms with Crippen molar-refractivity contribution in [3.05, 3.63) is 64.3 Å². The second-order valence-electron chi connectivity index (χ2n) is 9.35. The lowest BCUT2D eigenvalue weighted by atomic mass is 9.71. The number of nitrogens with one attached hydrogen (secondary N) is 1. The van der Waals surface area contributed by atoms with Crippen LogP contribution >= 0.6 is 0 Å². The second-order valence-corrected chi connectivity index (χ2v) is 9.35. The summed E-state index contributed by atoms with van der Waals surface area (Å²) in [4.78, 5) is 43.3. The van der Waals surface area contributed by atoms with Gasteiger partial charge in [0.1, 0.15) is 5.75 Å². The van der Waals surface area contributed by atoms with Crippen molar-refractivity contribution in [2.45, 2.75) is 19.3 Å². The zero-order valence-electron chi connectivity index (χ0n) is 19.4. The number of benzene rings is 2. The van der Waals surface area contributed by atoms with Crippen LogP contribution in [0.4, 0.5) is 4.79 Å². The quantitative estimate of drug-likeness (QED) is 0.603. The Hall–Kier alpha value is -4.32. The Morgan fingerprint density at radius 1 is 1.11 bits per heavy atom. The molecule has 1 fully saturated rings. The number of amides is 2. The Morgan fingerprint density at radius 3 is 2.51 bits per heavy atom. The van der Waals surface area contributed by atoms with E-state index in [0.717, 1.165) is 22.2 Å². The number of aromatic nitrogens is 1. The van der Waals surface area contributed by atoms with E-state index in [1.54, 1.807) is 35.2 Å². The summed E-state index contributed by atoms with van der Waals surface area (Å²) in [5.74, 6) is 0.173. The van der Waals surface area contributed by atoms with Gasteiger partial charge in [0, 0.05) is 53.8 Å². The van der Waals surface area contributed by atoms with Crippen LogP contribution < -0.4 is 4.74 Å². The number of ketones is 1. The average molecular weight is 473 g/mol. The van der Waals surface area contributed by atoms with Crippen molar-refractivity contribution >= 4 is 28.7 Å². The SMILES string of the molecule is CC1(C)c2cc(OCC(=O)N3CCN(C(=O)O)CC3)ccc2C(=O)c2c1[nH]c1cc(C#N)ccc21. The second kappa shape index (κ2) is 8.17. The van der Waals surface area contributed by atoms with Crippen LogP contribution in [-0.2, 0) is 10.2 Å². The molecule has 9 heteroatoms. The third kappa shape index (κ3) is 3.67. The number of carbonyl (C=O) groups excluding carboxylic acids is 2. The molecule has 0 unspecified atom stereocenters. The van der Waals surface area contributed by atoms with Crippen molar-refractivity contribution in [2.24, 2.45) is 0 Å². The van der Waals surface area contributed by atoms with Crippen LogP contribution in [-0.4, -0.2) is 70.5 Å². The summed E-state index contributed by atoms with van der Waals surface area (Å²) >= 11 is 0. The number of piperazine rings is 1. The first kappa shape index (κ1) is 22.5. The highest BCUT2D eigenvalue weighted by atomic mass is 16.5. The number of aromatic amines is 1. The monoisotopic (exact) mass is 472 g/mol. The van der Waals surface area contributed by atoms with Gasteiger partial charge in [0.05, 0.1) is 17.2 Å². The van der Waals surface area contributed by atoms with Gasteiger partial charge in [-0.2, -0.15) is 5.26 Å². The van der Waals surface area contributed by atoms with Crippen LogP contribution in [0.15, 0.2) is 36.4 Å². The molecule has 1 aliphatic heterocycles. The molecule has 0 bridgehead atoms. The third-order valence-corrected chi connectivity index (χ3v) is 6.95. The van der Waals surface area contributed by atoms with Gasteiger partial charge in [0.15, 0.2) is 12.4 Å². The first-order valence-electron chi connectivity index (χ1n) is 11.3. The number of nitrogens with zero attached hydrogens (tertiary/aromatic N) is 3. The van der Waals surface area contributed by atoms with Gasteiger partial charge < -0.3 is 24.6 Å². The van der Waals surface area contributed by atoms with E-state index in [2.05, 4.69) is 11.1 Å². The van der Waals surface area contributed by atoms with Gasteiger partial charge in [0.2, 0.25) is 0 Å². The van der Waals surface area contributed by atoms with Gasteiger partial charge in [-0.15, -0.1) is 0 Å². The third-order valence-electron chi connectivity index (χ3n) is 6.95. The Kier molecular flexibility index (Phi) is 5.24. The van der Waals surface area contributed by atoms with E-state index in [1.165, 1.54) is 4.90 Å². The van der Waals surface area contributed by atoms with Crippen LogP contribution in [0, 0.1) is 11.3 Å². The standard InChI is InChI=1S/C26H24N4O5/c1-26(2)19-12-16(35-14-21(31)29-7-9-30(10-8-29)25(33)34)4-6-17(19)23(32)22-18-5-3-15(13-27)11-20(18)28-24(22)26/h3-6,11-12,28H,7-10,14H2,1-2H3,(H,33,34). The van der Waals surface area contributed by atoms with E-state index in [4.69, 9.17) is 9.84 Å². The topological polar surface area (TPSA) is 127 Å². The van der Waals surface area contributed by atoms with E-state index >= 15 is 0 Å². The largest absolute Gasteiger partial charge is 0.484 e. The fraction of sp³-hybridized carbons (Fsp3) is 0.308. The van der Waals surface area contributed by atoms with Gasteiger partial charge in [-0.05, 0) is 35.9 Å². The van der Waals surface area contributed by atoms with Crippen molar-refractivity contribution in [2.75, 3.05) is 32.8 Å². The number of H-pyrrole nitrogens is 1. The van der Waals surface area contributed by atoms with Crippen LogP contribution in [0.2, 0.25) is 0 Å². The molecule has 2 N–H and O–H groups in total. The smallest absolute Gasteiger partial charge is 0.407 e. The molecule has 2 heterocycles. The molecule has 5 rings (SSSR count). The molecule has 9 nitrogen and oxygen atoms in total. The highest BCUT2D eigenvalue weighted by Gasteiger charge is 2.40. The number of fused-ring (bicyclic) bond motifs is 4. The number of ether oxygens (including phenoxy) is 1. The van der Waals surface area contributed by atoms with E-state index in [-0.39, 0.29) is 31.4 Å². The van der Waals surface area contributed by atoms with Crippen LogP contribution in [0.1, 0.15) is 46.6 Å². The normalized spacial score (nSPS) is 16.4. The van der Waals surface area contributed by atoms with Gasteiger partial charge in [0.25, 0.3) is 5.91 Å². The fourth-order valence-corrected chi connectivity index (χ4v) is 4.95. The number of rotatable bonds is 3. The highest BCUT2D eigenvalue weighted by Crippen LogP contribution is 2.44. The number of carbonyl (C=O) groups is 3. The lowest BCUT2D eigenvalue weighted by molar-refractivity contribution is -0.134. The van der Waals surface area contributed by atoms with E-state index in [9.17, 15) is 19.6 Å². The molecule has 2 aromatic carbocycles. The van der Waals surface area contributed by atoms with E-state index in [0.29, 0.717) is 35.5 Å². The molecule has 1 saturated heterocycles. The first-order chi connectivity index (χ1) is 16.7. The molecule has 0 saturated carbocycles. The van der Waals surface area contributed by atoms with Crippen molar-refractivity contribution in [3.63, 3.8) is 0 Å². The Balaban J connectivity index is 1.38. The number of carboxylic acid groups (broad SMARTS) is 1. The number of nitriles is 1. The maximum absolute atomic E-state index is 13.5. The number of hydrogen-bond acceptors (Lipinski definition) is 5. The summed E-state index contributed by atoms with van der Waals surface area (Å²) in [6, 6.07) is 12.6. The van der Waals surface area contributed by atoms with Crippen molar-refractivity contribution in [3.8, 4) is 11.8 Å². The van der Waals surface area contributed by atoms with Crippen LogP contribution in [0.5, 0.6) is 5.75 Å². The summed E-state index contributed by atoms with van der Waals surface area (Å²) < 4.78 is 5.79. The van der Waals surface area contributed by atoms with Gasteiger partial charge in [-0.1, -0.05) is 19.9 Å². The molecular formula is C26H24N4O5. The van der Waals surface area contributed by atoms with Gasteiger partial charge >= 0.3 is 6.09 Å². The Morgan fingerprint density at radius 2 is 1.83 bits per heavy atom. The number of hydrogen-bond donors (Lipinski definition) is 2. The molecule has 2 aliphatic rings. The minimum Gasteiger partial charge on any atom is -0.484 e. The zero-order valence-corrected chi connectivity index (χ0v) is 19.4. The summed E-state index contributed by atoms with van der Waals surface area (Å²) in [7, 11) is 0. The summed E-state index contributed by atoms with van der Waals surface area (Å²) in [6.07, 6.45) is -0.983. The zero-order chi connectivity index (χ0) is 24.9. The molecule has 178 valence electrons. The molecule has 0 spiro atoms. The average Bonchev–Trinajstić information content (AvgIpc) is 3.26. The van der Waals surface area contributed by atoms with Crippen LogP contribution in [0.25, 0.3) is 10.9 Å². The van der Waals surface area contributed by atoms with Gasteiger partial charge in [-0.25, -0.2) is 4.79 Å². The van der Waals surface area contributed by atoms with E-state index in [1.807, 2.05) is 19.9 Å². The van der Waals surface area contributed by atoms with Crippen molar-refractivity contribution < 1.29 is 24.2 Å². The summed E-state index contributed by atoms with van der Waals surface area (Å²) in [6.45, 7) is 5.09. The molecule has 1 aliphatic carbocycles. The first-order valence-corrected chi connectivity index (χ1v) is 11.3. The van der Waals surface area contributed by atoms with E-state index < -0.39 is 11.5 Å². The molecule has 3 aromatic rings. The molecule has 0 atom stereocenters. The molecule has 35 heavy (non-hydrogen) atoms. The molecule has 2 amide bonds. The maximum atomic E-state index is 13.5. The fourth-order valence-electron chi connectivity index (χ4n) is 4.95. The maximum Gasteiger partial charge on any atom is 0.407 e. The molecule has 0 radical (unpaired) electrons. The lowest BCUT2D eigenvalue weighted by Gasteiger charge is -2.33.